The van der Waals surface area contributed by atoms with Crippen molar-refractivity contribution in [1.82, 2.24) is 4.98 Å². The van der Waals surface area contributed by atoms with Gasteiger partial charge in [-0.15, -0.1) is 0 Å². The van der Waals surface area contributed by atoms with Gasteiger partial charge in [-0.2, -0.15) is 0 Å². The summed E-state index contributed by atoms with van der Waals surface area (Å²) in [6.07, 6.45) is 2.57. The molecule has 8 heteroatoms. The fraction of sp³-hybridized carbons (Fsp3) is 0.0952. The van der Waals surface area contributed by atoms with Crippen molar-refractivity contribution in [2.75, 3.05) is 17.7 Å². The van der Waals surface area contributed by atoms with Crippen molar-refractivity contribution >= 4 is 23.2 Å². The molecule has 3 rings (SSSR count). The standard InChI is InChI=1S/C21H17F2N3O3/c1-12-3-6-19(29-2)18(7-12)26-21(28)14-8-13(10-24-11-14)20(27)25-15-4-5-16(22)17(23)9-15/h3-11H,1-2H3,(H,25,27)(H,26,28). The Hall–Kier alpha value is -3.81. The molecular formula is C21H17F2N3O3. The molecule has 6 nitrogen and oxygen atoms in total. The predicted molar refractivity (Wildman–Crippen MR) is 104 cm³/mol. The van der Waals surface area contributed by atoms with Crippen molar-refractivity contribution in [3.8, 4) is 5.75 Å². The zero-order chi connectivity index (χ0) is 21.0. The molecule has 0 spiro atoms. The maximum Gasteiger partial charge on any atom is 0.257 e. The van der Waals surface area contributed by atoms with Crippen LogP contribution in [0.4, 0.5) is 20.2 Å². The molecule has 0 unspecified atom stereocenters. The van der Waals surface area contributed by atoms with Crippen molar-refractivity contribution < 1.29 is 23.1 Å². The Balaban J connectivity index is 1.78. The average molecular weight is 397 g/mol. The number of methoxy groups -OCH3 is 1. The van der Waals surface area contributed by atoms with Gasteiger partial charge in [0.25, 0.3) is 11.8 Å². The van der Waals surface area contributed by atoms with E-state index in [1.807, 2.05) is 13.0 Å². The van der Waals surface area contributed by atoms with E-state index in [0.717, 1.165) is 17.7 Å². The highest BCUT2D eigenvalue weighted by molar-refractivity contribution is 6.08. The van der Waals surface area contributed by atoms with Crippen LogP contribution in [0.2, 0.25) is 0 Å². The minimum atomic E-state index is -1.08. The normalized spacial score (nSPS) is 10.3. The first-order valence-corrected chi connectivity index (χ1v) is 8.55. The molecule has 0 aliphatic carbocycles. The Morgan fingerprint density at radius 3 is 2.24 bits per heavy atom. The van der Waals surface area contributed by atoms with Crippen molar-refractivity contribution in [2.45, 2.75) is 6.92 Å². The van der Waals surface area contributed by atoms with Crippen LogP contribution in [0.1, 0.15) is 26.3 Å². The summed E-state index contributed by atoms with van der Waals surface area (Å²) in [6, 6.07) is 9.67. The summed E-state index contributed by atoms with van der Waals surface area (Å²) >= 11 is 0. The number of hydrogen-bond acceptors (Lipinski definition) is 4. The summed E-state index contributed by atoms with van der Waals surface area (Å²) in [7, 11) is 1.49. The van der Waals surface area contributed by atoms with Crippen LogP contribution in [0.5, 0.6) is 5.75 Å². The topological polar surface area (TPSA) is 80.3 Å². The lowest BCUT2D eigenvalue weighted by Crippen LogP contribution is -2.16. The van der Waals surface area contributed by atoms with Crippen molar-refractivity contribution in [3.05, 3.63) is 83.2 Å². The zero-order valence-electron chi connectivity index (χ0n) is 15.6. The van der Waals surface area contributed by atoms with Gasteiger partial charge < -0.3 is 15.4 Å². The van der Waals surface area contributed by atoms with Gasteiger partial charge in [-0.05, 0) is 42.8 Å². The van der Waals surface area contributed by atoms with E-state index in [2.05, 4.69) is 15.6 Å². The van der Waals surface area contributed by atoms with E-state index in [0.29, 0.717) is 11.4 Å². The molecule has 0 saturated heterocycles. The largest absolute Gasteiger partial charge is 0.495 e. The maximum absolute atomic E-state index is 13.3. The van der Waals surface area contributed by atoms with Crippen LogP contribution < -0.4 is 15.4 Å². The average Bonchev–Trinajstić information content (AvgIpc) is 2.71. The number of aryl methyl sites for hydroxylation is 1. The Labute approximate surface area is 165 Å². The van der Waals surface area contributed by atoms with E-state index >= 15 is 0 Å². The smallest absolute Gasteiger partial charge is 0.257 e. The van der Waals surface area contributed by atoms with Crippen LogP contribution in [0, 0.1) is 18.6 Å². The number of anilines is 2. The third-order valence-corrected chi connectivity index (χ3v) is 4.04. The number of ether oxygens (including phenoxy) is 1. The van der Waals surface area contributed by atoms with E-state index in [-0.39, 0.29) is 16.8 Å². The summed E-state index contributed by atoms with van der Waals surface area (Å²) in [4.78, 5) is 28.9. The van der Waals surface area contributed by atoms with Crippen molar-refractivity contribution in [3.63, 3.8) is 0 Å². The van der Waals surface area contributed by atoms with Gasteiger partial charge in [0.1, 0.15) is 5.75 Å². The van der Waals surface area contributed by atoms with Gasteiger partial charge in [0.15, 0.2) is 11.6 Å². The Bertz CT molecular complexity index is 1090. The molecule has 0 bridgehead atoms. The van der Waals surface area contributed by atoms with Gasteiger partial charge in [-0.3, -0.25) is 14.6 Å². The van der Waals surface area contributed by atoms with Crippen molar-refractivity contribution in [2.24, 2.45) is 0 Å². The number of halogens is 2. The van der Waals surface area contributed by atoms with Crippen LogP contribution in [0.25, 0.3) is 0 Å². The number of amides is 2. The summed E-state index contributed by atoms with van der Waals surface area (Å²) in [5, 5.41) is 5.15. The Morgan fingerprint density at radius 2 is 1.59 bits per heavy atom. The second kappa shape index (κ2) is 8.47. The highest BCUT2D eigenvalue weighted by Gasteiger charge is 2.14. The number of rotatable bonds is 5. The summed E-state index contributed by atoms with van der Waals surface area (Å²) in [5.74, 6) is -2.71. The molecule has 1 heterocycles. The third-order valence-electron chi connectivity index (χ3n) is 4.04. The molecule has 2 aromatic carbocycles. The number of carbonyl (C=O) groups excluding carboxylic acids is 2. The van der Waals surface area contributed by atoms with Gasteiger partial charge in [-0.25, -0.2) is 8.78 Å². The quantitative estimate of drug-likeness (QED) is 0.677. The second-order valence-electron chi connectivity index (χ2n) is 6.20. The SMILES string of the molecule is COc1ccc(C)cc1NC(=O)c1cncc(C(=O)Nc2ccc(F)c(F)c2)c1. The van der Waals surface area contributed by atoms with Gasteiger partial charge in [0.2, 0.25) is 0 Å². The highest BCUT2D eigenvalue weighted by atomic mass is 19.2. The lowest BCUT2D eigenvalue weighted by atomic mass is 10.1. The lowest BCUT2D eigenvalue weighted by molar-refractivity contribution is 0.102. The molecular weight excluding hydrogens is 380 g/mol. The summed E-state index contributed by atoms with van der Waals surface area (Å²) < 4.78 is 31.5. The third kappa shape index (κ3) is 4.73. The molecule has 3 aromatic rings. The molecule has 0 fully saturated rings. The molecule has 29 heavy (non-hydrogen) atoms. The Morgan fingerprint density at radius 1 is 0.897 bits per heavy atom. The molecule has 0 saturated carbocycles. The van der Waals surface area contributed by atoms with Crippen LogP contribution in [0.15, 0.2) is 54.9 Å². The van der Waals surface area contributed by atoms with Crippen LogP contribution >= 0.6 is 0 Å². The van der Waals surface area contributed by atoms with E-state index in [1.165, 1.54) is 31.6 Å². The zero-order valence-corrected chi connectivity index (χ0v) is 15.6. The molecule has 0 aliphatic rings. The summed E-state index contributed by atoms with van der Waals surface area (Å²) in [6.45, 7) is 1.87. The molecule has 0 radical (unpaired) electrons. The van der Waals surface area contributed by atoms with Gasteiger partial charge in [0.05, 0.1) is 23.9 Å². The molecule has 2 amide bonds. The first-order valence-electron chi connectivity index (χ1n) is 8.55. The number of nitrogens with one attached hydrogen (secondary N) is 2. The van der Waals surface area contributed by atoms with Crippen molar-refractivity contribution in [1.29, 1.82) is 0 Å². The minimum absolute atomic E-state index is 0.0771. The fourth-order valence-electron chi connectivity index (χ4n) is 2.58. The van der Waals surface area contributed by atoms with Crippen LogP contribution in [-0.4, -0.2) is 23.9 Å². The number of carbonyl (C=O) groups is 2. The number of aromatic nitrogens is 1. The van der Waals surface area contributed by atoms with Crippen LogP contribution in [-0.2, 0) is 0 Å². The molecule has 0 atom stereocenters. The minimum Gasteiger partial charge on any atom is -0.495 e. The number of benzene rings is 2. The fourth-order valence-corrected chi connectivity index (χ4v) is 2.58. The van der Waals surface area contributed by atoms with E-state index in [4.69, 9.17) is 4.74 Å². The molecule has 2 N–H and O–H groups in total. The summed E-state index contributed by atoms with van der Waals surface area (Å²) in [5.41, 5.74) is 1.71. The second-order valence-corrected chi connectivity index (χ2v) is 6.20. The van der Waals surface area contributed by atoms with Gasteiger partial charge in [0, 0.05) is 24.1 Å². The van der Waals surface area contributed by atoms with Gasteiger partial charge in [-0.1, -0.05) is 6.07 Å². The van der Waals surface area contributed by atoms with Gasteiger partial charge >= 0.3 is 0 Å². The number of hydrogen-bond donors (Lipinski definition) is 2. The first kappa shape index (κ1) is 19.9. The molecule has 148 valence electrons. The number of pyridine rings is 1. The lowest BCUT2D eigenvalue weighted by Gasteiger charge is -2.11. The Kier molecular flexibility index (Phi) is 5.82. The first-order chi connectivity index (χ1) is 13.9. The van der Waals surface area contributed by atoms with E-state index in [1.54, 1.807) is 12.1 Å². The number of nitrogens with zero attached hydrogens (tertiary/aromatic N) is 1. The van der Waals surface area contributed by atoms with E-state index in [9.17, 15) is 18.4 Å². The molecule has 1 aromatic heterocycles. The maximum atomic E-state index is 13.3. The highest BCUT2D eigenvalue weighted by Crippen LogP contribution is 2.25. The van der Waals surface area contributed by atoms with Crippen LogP contribution in [0.3, 0.4) is 0 Å². The van der Waals surface area contributed by atoms with E-state index < -0.39 is 23.4 Å². The monoisotopic (exact) mass is 397 g/mol. The molecule has 0 aliphatic heterocycles. The predicted octanol–water partition coefficient (Wildman–Crippen LogP) is 4.18.